The van der Waals surface area contributed by atoms with Crippen molar-refractivity contribution < 1.29 is 32.1 Å². The molecule has 0 saturated carbocycles. The number of benzene rings is 1. The molecular formula is C15H13N3O8S. The second-order valence-corrected chi connectivity index (χ2v) is 7.24. The van der Waals surface area contributed by atoms with Gasteiger partial charge >= 0.3 is 22.1 Å². The number of nitro groups is 1. The number of nitrogens with one attached hydrogen (secondary N) is 1. The number of hydrogen-bond acceptors (Lipinski definition) is 8. The van der Waals surface area contributed by atoms with Crippen molar-refractivity contribution in [1.82, 2.24) is 9.03 Å². The fourth-order valence-electron chi connectivity index (χ4n) is 2.34. The van der Waals surface area contributed by atoms with Gasteiger partial charge in [0.15, 0.2) is 0 Å². The zero-order valence-corrected chi connectivity index (χ0v) is 14.5. The summed E-state index contributed by atoms with van der Waals surface area (Å²) in [5, 5.41) is 10.5. The number of hydrogen-bond donors (Lipinski definition) is 1. The lowest BCUT2D eigenvalue weighted by molar-refractivity contribution is -0.402. The Balaban J connectivity index is 1.58. The van der Waals surface area contributed by atoms with Crippen LogP contribution in [0.4, 0.5) is 5.88 Å². The predicted molar refractivity (Wildman–Crippen MR) is 88.4 cm³/mol. The fraction of sp³-hybridized carbons (Fsp3) is 0.200. The number of furan rings is 1. The first-order valence-electron chi connectivity index (χ1n) is 7.54. The van der Waals surface area contributed by atoms with Crippen molar-refractivity contribution in [3.63, 3.8) is 0 Å². The number of ether oxygens (including phenoxy) is 1. The van der Waals surface area contributed by atoms with Crippen LogP contribution in [0.5, 0.6) is 0 Å². The summed E-state index contributed by atoms with van der Waals surface area (Å²) in [5.74, 6) is -1.60. The third-order valence-corrected chi connectivity index (χ3v) is 5.05. The van der Waals surface area contributed by atoms with Gasteiger partial charge in [-0.3, -0.25) is 14.9 Å². The van der Waals surface area contributed by atoms with Gasteiger partial charge in [-0.2, -0.15) is 12.7 Å². The minimum absolute atomic E-state index is 0.0214. The molecule has 11 nitrogen and oxygen atoms in total. The van der Waals surface area contributed by atoms with Crippen molar-refractivity contribution in [2.24, 2.45) is 0 Å². The maximum absolute atomic E-state index is 12.0. The number of rotatable bonds is 6. The van der Waals surface area contributed by atoms with E-state index in [9.17, 15) is 28.1 Å². The standard InChI is InChI=1S/C15H13N3O8S/c19-13-8-17(27(23,24)16-13)7-10-1-3-11(4-2-10)15(20)25-9-12-5-6-14(26-12)18(21)22/h1-6H,7-9H2,(H,16,19). The normalized spacial score (nSPS) is 16.1. The van der Waals surface area contributed by atoms with Gasteiger partial charge in [0.25, 0.3) is 0 Å². The summed E-state index contributed by atoms with van der Waals surface area (Å²) < 4.78 is 36.1. The molecule has 2 heterocycles. The van der Waals surface area contributed by atoms with Gasteiger partial charge in [-0.15, -0.1) is 0 Å². The Morgan fingerprint density at radius 2 is 1.96 bits per heavy atom. The molecule has 12 heteroatoms. The molecule has 1 fully saturated rings. The quantitative estimate of drug-likeness (QED) is 0.427. The average molecular weight is 395 g/mol. The minimum atomic E-state index is -3.82. The van der Waals surface area contributed by atoms with E-state index in [1.165, 1.54) is 30.3 Å². The predicted octanol–water partition coefficient (Wildman–Crippen LogP) is 0.721. The fourth-order valence-corrected chi connectivity index (χ4v) is 3.43. The SMILES string of the molecule is O=C1CN(Cc2ccc(C(=O)OCc3ccc([N+](=O)[O-])o3)cc2)S(=O)(=O)N1. The van der Waals surface area contributed by atoms with Crippen molar-refractivity contribution >= 4 is 28.0 Å². The molecule has 1 saturated heterocycles. The molecule has 27 heavy (non-hydrogen) atoms. The van der Waals surface area contributed by atoms with Crippen LogP contribution in [0.3, 0.4) is 0 Å². The van der Waals surface area contributed by atoms with Crippen LogP contribution < -0.4 is 4.72 Å². The van der Waals surface area contributed by atoms with E-state index in [2.05, 4.69) is 0 Å². The second-order valence-electron chi connectivity index (χ2n) is 5.57. The highest BCUT2D eigenvalue weighted by Gasteiger charge is 2.33. The van der Waals surface area contributed by atoms with Gasteiger partial charge in [0.05, 0.1) is 18.2 Å². The summed E-state index contributed by atoms with van der Waals surface area (Å²) in [6.45, 7) is -0.553. The molecule has 1 N–H and O–H groups in total. The Kier molecular flexibility index (Phi) is 4.92. The van der Waals surface area contributed by atoms with E-state index in [0.717, 1.165) is 10.4 Å². The van der Waals surface area contributed by atoms with Crippen LogP contribution >= 0.6 is 0 Å². The highest BCUT2D eigenvalue weighted by molar-refractivity contribution is 7.88. The smallest absolute Gasteiger partial charge is 0.433 e. The Hall–Kier alpha value is -3.25. The molecule has 0 bridgehead atoms. The highest BCUT2D eigenvalue weighted by atomic mass is 32.2. The first-order valence-corrected chi connectivity index (χ1v) is 8.98. The van der Waals surface area contributed by atoms with Gasteiger partial charge < -0.3 is 9.15 Å². The molecule has 1 amide bonds. The number of carbonyl (C=O) groups excluding carboxylic acids is 2. The average Bonchev–Trinajstić information content (AvgIpc) is 3.17. The van der Waals surface area contributed by atoms with Crippen LogP contribution in [0.25, 0.3) is 0 Å². The molecule has 2 aromatic rings. The number of nitrogens with zero attached hydrogens (tertiary/aromatic N) is 2. The highest BCUT2D eigenvalue weighted by Crippen LogP contribution is 2.17. The second kappa shape index (κ2) is 7.17. The summed E-state index contributed by atoms with van der Waals surface area (Å²) >= 11 is 0. The third kappa shape index (κ3) is 4.30. The third-order valence-electron chi connectivity index (χ3n) is 3.62. The summed E-state index contributed by atoms with van der Waals surface area (Å²) in [6, 6.07) is 8.45. The topological polar surface area (TPSA) is 149 Å². The number of amides is 1. The van der Waals surface area contributed by atoms with Gasteiger partial charge in [-0.25, -0.2) is 9.52 Å². The maximum Gasteiger partial charge on any atom is 0.433 e. The van der Waals surface area contributed by atoms with E-state index in [1.807, 2.05) is 4.72 Å². The van der Waals surface area contributed by atoms with Gasteiger partial charge in [-0.05, 0) is 23.8 Å². The molecule has 0 unspecified atom stereocenters. The molecule has 142 valence electrons. The molecule has 1 aromatic carbocycles. The van der Waals surface area contributed by atoms with Gasteiger partial charge in [0.1, 0.15) is 17.3 Å². The largest absolute Gasteiger partial charge is 0.454 e. The number of esters is 1. The van der Waals surface area contributed by atoms with E-state index in [4.69, 9.17) is 9.15 Å². The van der Waals surface area contributed by atoms with Crippen molar-refractivity contribution in [3.05, 3.63) is 63.4 Å². The van der Waals surface area contributed by atoms with Gasteiger partial charge in [0.2, 0.25) is 5.91 Å². The molecule has 0 aliphatic carbocycles. The van der Waals surface area contributed by atoms with E-state index < -0.39 is 32.9 Å². The van der Waals surface area contributed by atoms with Crippen molar-refractivity contribution in [2.75, 3.05) is 6.54 Å². The van der Waals surface area contributed by atoms with Crippen LogP contribution in [0, 0.1) is 10.1 Å². The first kappa shape index (κ1) is 18.5. The maximum atomic E-state index is 12.0. The zero-order chi connectivity index (χ0) is 19.6. The van der Waals surface area contributed by atoms with Crippen LogP contribution in [0.15, 0.2) is 40.8 Å². The van der Waals surface area contributed by atoms with E-state index in [1.54, 1.807) is 0 Å². The molecular weight excluding hydrogens is 382 g/mol. The number of carbonyl (C=O) groups is 2. The van der Waals surface area contributed by atoms with Crippen molar-refractivity contribution in [3.8, 4) is 0 Å². The summed E-state index contributed by atoms with van der Waals surface area (Å²) in [6.07, 6.45) is 0. The van der Waals surface area contributed by atoms with Gasteiger partial charge in [-0.1, -0.05) is 12.1 Å². The molecule has 0 radical (unpaired) electrons. The molecule has 3 rings (SSSR count). The van der Waals surface area contributed by atoms with Crippen LogP contribution in [0.2, 0.25) is 0 Å². The zero-order valence-electron chi connectivity index (χ0n) is 13.7. The monoisotopic (exact) mass is 395 g/mol. The summed E-state index contributed by atoms with van der Waals surface area (Å²) in [5.41, 5.74) is 0.784. The minimum Gasteiger partial charge on any atom is -0.454 e. The lowest BCUT2D eigenvalue weighted by atomic mass is 10.1. The van der Waals surface area contributed by atoms with Crippen LogP contribution in [-0.2, 0) is 32.9 Å². The van der Waals surface area contributed by atoms with Gasteiger partial charge in [0, 0.05) is 6.54 Å². The Morgan fingerprint density at radius 1 is 1.26 bits per heavy atom. The van der Waals surface area contributed by atoms with Crippen LogP contribution in [0.1, 0.15) is 21.7 Å². The first-order chi connectivity index (χ1) is 12.7. The lowest BCUT2D eigenvalue weighted by Crippen LogP contribution is -2.29. The molecule has 1 aromatic heterocycles. The summed E-state index contributed by atoms with van der Waals surface area (Å²) in [7, 11) is -3.82. The van der Waals surface area contributed by atoms with Crippen LogP contribution in [-0.4, -0.2) is 36.1 Å². The van der Waals surface area contributed by atoms with E-state index >= 15 is 0 Å². The molecule has 1 aliphatic heterocycles. The Labute approximate surface area is 152 Å². The molecule has 0 atom stereocenters. The molecule has 0 spiro atoms. The van der Waals surface area contributed by atoms with Crippen molar-refractivity contribution in [2.45, 2.75) is 13.2 Å². The Bertz CT molecular complexity index is 996. The Morgan fingerprint density at radius 3 is 2.52 bits per heavy atom. The van der Waals surface area contributed by atoms with E-state index in [-0.39, 0.29) is 31.0 Å². The molecule has 1 aliphatic rings. The lowest BCUT2D eigenvalue weighted by Gasteiger charge is -2.12. The van der Waals surface area contributed by atoms with Crippen molar-refractivity contribution in [1.29, 1.82) is 0 Å². The summed E-state index contributed by atoms with van der Waals surface area (Å²) in [4.78, 5) is 33.0. The van der Waals surface area contributed by atoms with E-state index in [0.29, 0.717) is 5.56 Å².